The zero-order valence-electron chi connectivity index (χ0n) is 15.6. The van der Waals surface area contributed by atoms with Crippen LogP contribution >= 0.6 is 11.6 Å². The largest absolute Gasteiger partial charge is 0.490 e. The van der Waals surface area contributed by atoms with E-state index in [1.54, 1.807) is 0 Å². The van der Waals surface area contributed by atoms with Crippen LogP contribution in [0.1, 0.15) is 45.2 Å². The first kappa shape index (κ1) is 19.6. The molecule has 0 saturated heterocycles. The molecule has 0 spiro atoms. The first-order valence-corrected chi connectivity index (χ1v) is 9.20. The van der Waals surface area contributed by atoms with Crippen molar-refractivity contribution in [3.05, 3.63) is 58.6 Å². The van der Waals surface area contributed by atoms with Crippen molar-refractivity contribution in [3.63, 3.8) is 0 Å². The van der Waals surface area contributed by atoms with Crippen LogP contribution in [0.25, 0.3) is 0 Å². The van der Waals surface area contributed by atoms with E-state index in [0.717, 1.165) is 40.6 Å². The average molecular weight is 362 g/mol. The second-order valence-corrected chi connectivity index (χ2v) is 7.12. The molecule has 3 nitrogen and oxygen atoms in total. The maximum absolute atomic E-state index is 6.14. The minimum Gasteiger partial charge on any atom is -0.490 e. The van der Waals surface area contributed by atoms with Gasteiger partial charge in [0.2, 0.25) is 0 Å². The SMILES string of the molecule is CCOc1cccc(CNC(C)(C)CC)c1OCc1ccc(Cl)cc1. The highest BCUT2D eigenvalue weighted by atomic mass is 35.5. The van der Waals surface area contributed by atoms with Gasteiger partial charge in [0, 0.05) is 22.7 Å². The van der Waals surface area contributed by atoms with Gasteiger partial charge in [0.15, 0.2) is 11.5 Å². The molecule has 0 atom stereocenters. The Morgan fingerprint density at radius 3 is 2.36 bits per heavy atom. The molecule has 0 heterocycles. The summed E-state index contributed by atoms with van der Waals surface area (Å²) in [5.41, 5.74) is 2.25. The number of ether oxygens (including phenoxy) is 2. The molecule has 0 aliphatic heterocycles. The molecule has 2 rings (SSSR count). The van der Waals surface area contributed by atoms with Gasteiger partial charge < -0.3 is 14.8 Å². The molecule has 136 valence electrons. The Balaban J connectivity index is 2.18. The lowest BCUT2D eigenvalue weighted by molar-refractivity contribution is 0.264. The smallest absolute Gasteiger partial charge is 0.166 e. The van der Waals surface area contributed by atoms with Gasteiger partial charge >= 0.3 is 0 Å². The minimum absolute atomic E-state index is 0.0784. The summed E-state index contributed by atoms with van der Waals surface area (Å²) in [6.45, 7) is 10.4. The molecule has 2 aromatic carbocycles. The maximum Gasteiger partial charge on any atom is 0.166 e. The lowest BCUT2D eigenvalue weighted by Gasteiger charge is -2.25. The van der Waals surface area contributed by atoms with Crippen molar-refractivity contribution in [2.75, 3.05) is 6.61 Å². The molecular weight excluding hydrogens is 334 g/mol. The highest BCUT2D eigenvalue weighted by Crippen LogP contribution is 2.32. The summed E-state index contributed by atoms with van der Waals surface area (Å²) in [6.07, 6.45) is 1.05. The number of halogens is 1. The first-order chi connectivity index (χ1) is 11.9. The summed E-state index contributed by atoms with van der Waals surface area (Å²) in [5.74, 6) is 1.59. The van der Waals surface area contributed by atoms with Crippen LogP contribution < -0.4 is 14.8 Å². The van der Waals surface area contributed by atoms with Crippen molar-refractivity contribution in [1.29, 1.82) is 0 Å². The van der Waals surface area contributed by atoms with E-state index in [9.17, 15) is 0 Å². The fourth-order valence-electron chi connectivity index (χ4n) is 2.33. The number of nitrogens with one attached hydrogen (secondary N) is 1. The highest BCUT2D eigenvalue weighted by Gasteiger charge is 2.17. The number of para-hydroxylation sites is 1. The van der Waals surface area contributed by atoms with E-state index >= 15 is 0 Å². The maximum atomic E-state index is 6.14. The van der Waals surface area contributed by atoms with E-state index in [-0.39, 0.29) is 5.54 Å². The second kappa shape index (κ2) is 9.12. The Labute approximate surface area is 156 Å². The van der Waals surface area contributed by atoms with Crippen molar-refractivity contribution >= 4 is 11.6 Å². The quantitative estimate of drug-likeness (QED) is 0.631. The fourth-order valence-corrected chi connectivity index (χ4v) is 2.46. The Hall–Kier alpha value is -1.71. The number of hydrogen-bond acceptors (Lipinski definition) is 3. The van der Waals surface area contributed by atoms with Gasteiger partial charge in [-0.25, -0.2) is 0 Å². The van der Waals surface area contributed by atoms with E-state index in [0.29, 0.717) is 13.2 Å². The Bertz CT molecular complexity index is 668. The van der Waals surface area contributed by atoms with Gasteiger partial charge in [-0.05, 0) is 51.0 Å². The van der Waals surface area contributed by atoms with Crippen LogP contribution in [0.3, 0.4) is 0 Å². The van der Waals surface area contributed by atoms with Crippen LogP contribution in [0.2, 0.25) is 5.02 Å². The zero-order valence-corrected chi connectivity index (χ0v) is 16.3. The predicted molar refractivity (Wildman–Crippen MR) is 105 cm³/mol. The van der Waals surface area contributed by atoms with Crippen molar-refractivity contribution in [2.45, 2.75) is 52.8 Å². The summed E-state index contributed by atoms with van der Waals surface area (Å²) in [4.78, 5) is 0. The number of hydrogen-bond donors (Lipinski definition) is 1. The van der Waals surface area contributed by atoms with Crippen LogP contribution in [-0.4, -0.2) is 12.1 Å². The molecule has 0 bridgehead atoms. The monoisotopic (exact) mass is 361 g/mol. The summed E-state index contributed by atoms with van der Waals surface area (Å²) in [7, 11) is 0. The van der Waals surface area contributed by atoms with Gasteiger partial charge in [-0.1, -0.05) is 42.8 Å². The van der Waals surface area contributed by atoms with E-state index in [1.807, 2.05) is 43.3 Å². The van der Waals surface area contributed by atoms with Gasteiger partial charge in [-0.2, -0.15) is 0 Å². The van der Waals surface area contributed by atoms with Gasteiger partial charge in [0.25, 0.3) is 0 Å². The molecule has 25 heavy (non-hydrogen) atoms. The summed E-state index contributed by atoms with van der Waals surface area (Å²) >= 11 is 5.95. The van der Waals surface area contributed by atoms with Gasteiger partial charge in [-0.15, -0.1) is 0 Å². The van der Waals surface area contributed by atoms with E-state index < -0.39 is 0 Å². The average Bonchev–Trinajstić information content (AvgIpc) is 2.61. The summed E-state index contributed by atoms with van der Waals surface area (Å²) in [6, 6.07) is 13.7. The highest BCUT2D eigenvalue weighted by molar-refractivity contribution is 6.30. The molecule has 0 radical (unpaired) electrons. The lowest BCUT2D eigenvalue weighted by Crippen LogP contribution is -2.37. The van der Waals surface area contributed by atoms with Crippen molar-refractivity contribution in [2.24, 2.45) is 0 Å². The zero-order chi connectivity index (χ0) is 18.3. The Morgan fingerprint density at radius 2 is 1.72 bits per heavy atom. The molecular formula is C21H28ClNO2. The Morgan fingerprint density at radius 1 is 1.00 bits per heavy atom. The molecule has 2 aromatic rings. The molecule has 0 aromatic heterocycles. The first-order valence-electron chi connectivity index (χ1n) is 8.82. The topological polar surface area (TPSA) is 30.5 Å². The van der Waals surface area contributed by atoms with Crippen LogP contribution in [0.4, 0.5) is 0 Å². The van der Waals surface area contributed by atoms with Crippen LogP contribution in [0.5, 0.6) is 11.5 Å². The third-order valence-electron chi connectivity index (χ3n) is 4.30. The lowest BCUT2D eigenvalue weighted by atomic mass is 10.0. The fraction of sp³-hybridized carbons (Fsp3) is 0.429. The number of benzene rings is 2. The molecule has 0 aliphatic carbocycles. The summed E-state index contributed by atoms with van der Waals surface area (Å²) in [5, 5.41) is 4.31. The second-order valence-electron chi connectivity index (χ2n) is 6.68. The third kappa shape index (κ3) is 5.94. The van der Waals surface area contributed by atoms with Crippen molar-refractivity contribution < 1.29 is 9.47 Å². The van der Waals surface area contributed by atoms with Gasteiger partial charge in [-0.3, -0.25) is 0 Å². The summed E-state index contributed by atoms with van der Waals surface area (Å²) < 4.78 is 11.9. The molecule has 0 unspecified atom stereocenters. The van der Waals surface area contributed by atoms with E-state index in [4.69, 9.17) is 21.1 Å². The predicted octanol–water partition coefficient (Wildman–Crippen LogP) is 5.60. The van der Waals surface area contributed by atoms with Crippen LogP contribution in [-0.2, 0) is 13.2 Å². The molecule has 0 aliphatic rings. The normalized spacial score (nSPS) is 11.4. The molecule has 0 fully saturated rings. The van der Waals surface area contributed by atoms with Gasteiger partial charge in [0.05, 0.1) is 6.61 Å². The molecule has 1 N–H and O–H groups in total. The minimum atomic E-state index is 0.0784. The van der Waals surface area contributed by atoms with Crippen molar-refractivity contribution in [1.82, 2.24) is 5.32 Å². The molecule has 0 amide bonds. The molecule has 0 saturated carbocycles. The van der Waals surface area contributed by atoms with Crippen LogP contribution in [0, 0.1) is 0 Å². The third-order valence-corrected chi connectivity index (χ3v) is 4.55. The Kier molecular flexibility index (Phi) is 7.15. The van der Waals surface area contributed by atoms with E-state index in [1.165, 1.54) is 0 Å². The number of rotatable bonds is 9. The standard InChI is InChI=1S/C21H28ClNO2/c1-5-21(3,4)23-14-17-8-7-9-19(24-6-2)20(17)25-15-16-10-12-18(22)13-11-16/h7-13,23H,5-6,14-15H2,1-4H3. The van der Waals surface area contributed by atoms with E-state index in [2.05, 4.69) is 32.2 Å². The van der Waals surface area contributed by atoms with Crippen LogP contribution in [0.15, 0.2) is 42.5 Å². The molecule has 4 heteroatoms. The van der Waals surface area contributed by atoms with Crippen molar-refractivity contribution in [3.8, 4) is 11.5 Å². The van der Waals surface area contributed by atoms with Gasteiger partial charge in [0.1, 0.15) is 6.61 Å².